The van der Waals surface area contributed by atoms with Gasteiger partial charge in [0.1, 0.15) is 5.75 Å². The molecule has 0 aliphatic carbocycles. The topological polar surface area (TPSA) is 55.6 Å². The Morgan fingerprint density at radius 2 is 1.90 bits per heavy atom. The van der Waals surface area contributed by atoms with Crippen molar-refractivity contribution in [2.45, 2.75) is 13.8 Å². The molecule has 0 bridgehead atoms. The van der Waals surface area contributed by atoms with Crippen LogP contribution in [0.25, 0.3) is 0 Å². The van der Waals surface area contributed by atoms with Crippen molar-refractivity contribution in [3.63, 3.8) is 0 Å². The van der Waals surface area contributed by atoms with Gasteiger partial charge in [0.25, 0.3) is 5.91 Å². The number of halogens is 1. The molecule has 0 spiro atoms. The number of hydrogen-bond acceptors (Lipinski definition) is 3. The number of aryl methyl sites for hydroxylation is 1. The molecule has 2 rings (SSSR count). The van der Waals surface area contributed by atoms with E-state index in [1.807, 2.05) is 26.0 Å². The molecule has 0 saturated carbocycles. The lowest BCUT2D eigenvalue weighted by molar-refractivity contribution is 0.0986. The number of nitrogens with zero attached hydrogens (tertiary/aromatic N) is 1. The van der Waals surface area contributed by atoms with Crippen LogP contribution < -0.4 is 15.6 Å². The molecule has 0 fully saturated rings. The third-order valence-electron chi connectivity index (χ3n) is 3.06. The summed E-state index contributed by atoms with van der Waals surface area (Å²) in [6, 6.07) is 12.2. The number of anilines is 1. The molecule has 0 unspecified atom stereocenters. The average molecular weight is 305 g/mol. The predicted octanol–water partition coefficient (Wildman–Crippen LogP) is 3.57. The van der Waals surface area contributed by atoms with Gasteiger partial charge in [0.15, 0.2) is 0 Å². The fourth-order valence-corrected chi connectivity index (χ4v) is 2.34. The number of ether oxygens (including phenoxy) is 1. The van der Waals surface area contributed by atoms with E-state index in [4.69, 9.17) is 22.2 Å². The predicted molar refractivity (Wildman–Crippen MR) is 84.8 cm³/mol. The lowest BCUT2D eigenvalue weighted by Gasteiger charge is -2.20. The van der Waals surface area contributed by atoms with Crippen LogP contribution in [0.1, 0.15) is 22.8 Å². The van der Waals surface area contributed by atoms with Crippen molar-refractivity contribution in [1.82, 2.24) is 0 Å². The molecule has 0 heterocycles. The van der Waals surface area contributed by atoms with Crippen LogP contribution in [0.3, 0.4) is 0 Å². The highest BCUT2D eigenvalue weighted by atomic mass is 35.5. The van der Waals surface area contributed by atoms with Gasteiger partial charge in [-0.05, 0) is 49.7 Å². The van der Waals surface area contributed by atoms with E-state index in [0.717, 1.165) is 10.6 Å². The maximum Gasteiger partial charge on any atom is 0.272 e. The SMILES string of the molecule is CCOc1ccc(C(=O)N(N)c2c(C)cccc2Cl)cc1. The minimum absolute atomic E-state index is 0.325. The standard InChI is InChI=1S/C16H17ClN2O2/c1-3-21-13-9-7-12(8-10-13)16(20)19(18)15-11(2)5-4-6-14(15)17/h4-10H,3,18H2,1-2H3. The molecular formula is C16H17ClN2O2. The van der Waals surface area contributed by atoms with Gasteiger partial charge in [0, 0.05) is 5.56 Å². The third kappa shape index (κ3) is 3.35. The second kappa shape index (κ2) is 6.61. The highest BCUT2D eigenvalue weighted by Gasteiger charge is 2.18. The van der Waals surface area contributed by atoms with Crippen molar-refractivity contribution < 1.29 is 9.53 Å². The Kier molecular flexibility index (Phi) is 4.83. The maximum atomic E-state index is 12.4. The fraction of sp³-hybridized carbons (Fsp3) is 0.188. The van der Waals surface area contributed by atoms with Crippen LogP contribution in [0.5, 0.6) is 5.75 Å². The molecule has 2 N–H and O–H groups in total. The van der Waals surface area contributed by atoms with Gasteiger partial charge in [0.2, 0.25) is 0 Å². The zero-order valence-electron chi connectivity index (χ0n) is 12.0. The number of nitrogens with two attached hydrogens (primary N) is 1. The Morgan fingerprint density at radius 1 is 1.24 bits per heavy atom. The zero-order valence-corrected chi connectivity index (χ0v) is 12.7. The average Bonchev–Trinajstić information content (AvgIpc) is 2.47. The van der Waals surface area contributed by atoms with E-state index in [1.54, 1.807) is 30.3 Å². The molecular weight excluding hydrogens is 288 g/mol. The number of benzene rings is 2. The van der Waals surface area contributed by atoms with Crippen molar-refractivity contribution in [2.24, 2.45) is 5.84 Å². The molecule has 0 saturated heterocycles. The van der Waals surface area contributed by atoms with E-state index in [2.05, 4.69) is 0 Å². The summed E-state index contributed by atoms with van der Waals surface area (Å²) in [5.41, 5.74) is 1.82. The number of amides is 1. The van der Waals surface area contributed by atoms with Gasteiger partial charge in [-0.15, -0.1) is 0 Å². The number of rotatable bonds is 4. The largest absolute Gasteiger partial charge is 0.494 e. The normalized spacial score (nSPS) is 10.3. The van der Waals surface area contributed by atoms with Gasteiger partial charge in [-0.3, -0.25) is 4.79 Å². The van der Waals surface area contributed by atoms with Crippen molar-refractivity contribution >= 4 is 23.2 Å². The van der Waals surface area contributed by atoms with Crippen LogP contribution in [0.4, 0.5) is 5.69 Å². The second-order valence-corrected chi connectivity index (χ2v) is 4.95. The molecule has 0 aliphatic rings. The van der Waals surface area contributed by atoms with Crippen molar-refractivity contribution in [3.05, 3.63) is 58.6 Å². The number of carbonyl (C=O) groups is 1. The monoisotopic (exact) mass is 304 g/mol. The van der Waals surface area contributed by atoms with Crippen LogP contribution in [0.2, 0.25) is 5.02 Å². The molecule has 0 aromatic heterocycles. The first kappa shape index (κ1) is 15.4. The summed E-state index contributed by atoms with van der Waals surface area (Å²) >= 11 is 6.13. The molecule has 0 atom stereocenters. The lowest BCUT2D eigenvalue weighted by atomic mass is 10.1. The maximum absolute atomic E-state index is 12.4. The molecule has 21 heavy (non-hydrogen) atoms. The highest BCUT2D eigenvalue weighted by molar-refractivity contribution is 6.34. The first-order valence-electron chi connectivity index (χ1n) is 6.61. The van der Waals surface area contributed by atoms with Crippen LogP contribution >= 0.6 is 11.6 Å². The molecule has 0 radical (unpaired) electrons. The number of hydrogen-bond donors (Lipinski definition) is 1. The Labute approximate surface area is 129 Å². The van der Waals surface area contributed by atoms with E-state index in [9.17, 15) is 4.79 Å². The molecule has 1 amide bonds. The van der Waals surface area contributed by atoms with Crippen LogP contribution in [-0.4, -0.2) is 12.5 Å². The van der Waals surface area contributed by atoms with Crippen molar-refractivity contribution in [2.75, 3.05) is 11.6 Å². The van der Waals surface area contributed by atoms with Crippen molar-refractivity contribution in [1.29, 1.82) is 0 Å². The van der Waals surface area contributed by atoms with Gasteiger partial charge in [-0.25, -0.2) is 10.9 Å². The first-order chi connectivity index (χ1) is 10.0. The number of hydrazine groups is 1. The Balaban J connectivity index is 2.27. The van der Waals surface area contributed by atoms with Gasteiger partial charge in [-0.1, -0.05) is 23.7 Å². The molecule has 110 valence electrons. The van der Waals surface area contributed by atoms with E-state index in [0.29, 0.717) is 28.6 Å². The Bertz CT molecular complexity index is 621. The molecule has 4 nitrogen and oxygen atoms in total. The first-order valence-corrected chi connectivity index (χ1v) is 6.99. The van der Waals surface area contributed by atoms with Gasteiger partial charge in [0.05, 0.1) is 17.3 Å². The summed E-state index contributed by atoms with van der Waals surface area (Å²) in [6.45, 7) is 4.34. The third-order valence-corrected chi connectivity index (χ3v) is 3.37. The van der Waals surface area contributed by atoms with E-state index < -0.39 is 0 Å². The summed E-state index contributed by atoms with van der Waals surface area (Å²) in [4.78, 5) is 12.4. The number of carbonyl (C=O) groups excluding carboxylic acids is 1. The molecule has 2 aromatic rings. The van der Waals surface area contributed by atoms with Gasteiger partial charge < -0.3 is 4.74 Å². The zero-order chi connectivity index (χ0) is 15.4. The Morgan fingerprint density at radius 3 is 2.48 bits per heavy atom. The van der Waals surface area contributed by atoms with Crippen molar-refractivity contribution in [3.8, 4) is 5.75 Å². The summed E-state index contributed by atoms with van der Waals surface area (Å²) < 4.78 is 5.35. The second-order valence-electron chi connectivity index (χ2n) is 4.54. The lowest BCUT2D eigenvalue weighted by Crippen LogP contribution is -2.38. The van der Waals surface area contributed by atoms with E-state index in [1.165, 1.54) is 0 Å². The summed E-state index contributed by atoms with van der Waals surface area (Å²) in [6.07, 6.45) is 0. The van der Waals surface area contributed by atoms with Crippen LogP contribution in [-0.2, 0) is 0 Å². The quantitative estimate of drug-likeness (QED) is 0.534. The fourth-order valence-electron chi connectivity index (χ4n) is 2.03. The summed E-state index contributed by atoms with van der Waals surface area (Å²) in [5.74, 6) is 6.33. The number of para-hydroxylation sites is 1. The highest BCUT2D eigenvalue weighted by Crippen LogP contribution is 2.28. The van der Waals surface area contributed by atoms with Crippen LogP contribution in [0, 0.1) is 6.92 Å². The smallest absolute Gasteiger partial charge is 0.272 e. The molecule has 2 aromatic carbocycles. The van der Waals surface area contributed by atoms with Gasteiger partial charge in [-0.2, -0.15) is 0 Å². The minimum Gasteiger partial charge on any atom is -0.494 e. The van der Waals surface area contributed by atoms with E-state index in [-0.39, 0.29) is 5.91 Å². The van der Waals surface area contributed by atoms with E-state index >= 15 is 0 Å². The molecule has 0 aliphatic heterocycles. The molecule has 5 heteroatoms. The van der Waals surface area contributed by atoms with Gasteiger partial charge >= 0.3 is 0 Å². The minimum atomic E-state index is -0.325. The summed E-state index contributed by atoms with van der Waals surface area (Å²) in [7, 11) is 0. The summed E-state index contributed by atoms with van der Waals surface area (Å²) in [5, 5.41) is 1.52. The van der Waals surface area contributed by atoms with Crippen LogP contribution in [0.15, 0.2) is 42.5 Å². The Hall–Kier alpha value is -2.04.